The number of amides is 1. The van der Waals surface area contributed by atoms with E-state index in [-0.39, 0.29) is 5.91 Å². The zero-order valence-electron chi connectivity index (χ0n) is 13.5. The SMILES string of the molecule is O=C(Nc1ccc2[nH]nc(-c3ccoc3)c2c1)c1ccn2nccc2c1. The lowest BCUT2D eigenvalue weighted by Crippen LogP contribution is -2.12. The smallest absolute Gasteiger partial charge is 0.255 e. The number of carbonyl (C=O) groups is 1. The summed E-state index contributed by atoms with van der Waals surface area (Å²) in [5.74, 6) is -0.179. The molecule has 7 nitrogen and oxygen atoms in total. The van der Waals surface area contributed by atoms with Crippen molar-refractivity contribution in [1.82, 2.24) is 19.8 Å². The third-order valence-electron chi connectivity index (χ3n) is 4.28. The van der Waals surface area contributed by atoms with E-state index in [0.717, 1.165) is 27.7 Å². The number of carbonyl (C=O) groups excluding carboxylic acids is 1. The molecule has 5 aromatic rings. The highest BCUT2D eigenvalue weighted by atomic mass is 16.3. The first-order chi connectivity index (χ1) is 12.8. The number of benzene rings is 1. The molecule has 0 saturated heterocycles. The van der Waals surface area contributed by atoms with Crippen LogP contribution in [0, 0.1) is 0 Å². The van der Waals surface area contributed by atoms with Crippen LogP contribution in [0.3, 0.4) is 0 Å². The molecule has 0 aliphatic carbocycles. The van der Waals surface area contributed by atoms with E-state index < -0.39 is 0 Å². The third kappa shape index (κ3) is 2.34. The molecule has 7 heteroatoms. The number of furan rings is 1. The van der Waals surface area contributed by atoms with Crippen LogP contribution in [0.1, 0.15) is 10.4 Å². The van der Waals surface area contributed by atoms with E-state index in [9.17, 15) is 4.79 Å². The Balaban J connectivity index is 1.48. The Morgan fingerprint density at radius 2 is 2.12 bits per heavy atom. The number of H-pyrrole nitrogens is 1. The van der Waals surface area contributed by atoms with Gasteiger partial charge in [-0.3, -0.25) is 9.89 Å². The predicted octanol–water partition coefficient (Wildman–Crippen LogP) is 3.72. The number of aromatic nitrogens is 4. The number of aromatic amines is 1. The van der Waals surface area contributed by atoms with Gasteiger partial charge >= 0.3 is 0 Å². The van der Waals surface area contributed by atoms with Crippen LogP contribution in [0.2, 0.25) is 0 Å². The number of rotatable bonds is 3. The van der Waals surface area contributed by atoms with Crippen LogP contribution in [0.25, 0.3) is 27.7 Å². The van der Waals surface area contributed by atoms with Crippen LogP contribution in [0.4, 0.5) is 5.69 Å². The number of fused-ring (bicyclic) bond motifs is 2. The summed E-state index contributed by atoms with van der Waals surface area (Å²) in [5, 5.41) is 15.3. The fourth-order valence-electron chi connectivity index (χ4n) is 2.98. The molecule has 0 unspecified atom stereocenters. The van der Waals surface area contributed by atoms with E-state index in [1.54, 1.807) is 41.6 Å². The maximum Gasteiger partial charge on any atom is 0.255 e. The summed E-state index contributed by atoms with van der Waals surface area (Å²) in [7, 11) is 0. The summed E-state index contributed by atoms with van der Waals surface area (Å²) in [5.41, 5.74) is 4.68. The van der Waals surface area contributed by atoms with E-state index in [1.165, 1.54) is 0 Å². The highest BCUT2D eigenvalue weighted by Crippen LogP contribution is 2.28. The van der Waals surface area contributed by atoms with Crippen molar-refractivity contribution in [1.29, 1.82) is 0 Å². The Morgan fingerprint density at radius 1 is 1.15 bits per heavy atom. The molecular formula is C19H13N5O2. The van der Waals surface area contributed by atoms with Crippen molar-refractivity contribution < 1.29 is 9.21 Å². The number of pyridine rings is 1. The lowest BCUT2D eigenvalue weighted by Gasteiger charge is -2.06. The van der Waals surface area contributed by atoms with Crippen LogP contribution in [-0.4, -0.2) is 25.7 Å². The number of nitrogens with zero attached hydrogens (tertiary/aromatic N) is 3. The normalized spacial score (nSPS) is 11.2. The van der Waals surface area contributed by atoms with Gasteiger partial charge in [0.1, 0.15) is 5.69 Å². The summed E-state index contributed by atoms with van der Waals surface area (Å²) in [6, 6.07) is 12.9. The summed E-state index contributed by atoms with van der Waals surface area (Å²) in [6.45, 7) is 0. The summed E-state index contributed by atoms with van der Waals surface area (Å²) < 4.78 is 6.85. The summed E-state index contributed by atoms with van der Waals surface area (Å²) in [6.07, 6.45) is 6.71. The van der Waals surface area contributed by atoms with Gasteiger partial charge in [0.2, 0.25) is 0 Å². The van der Waals surface area contributed by atoms with Gasteiger partial charge in [0, 0.05) is 34.6 Å². The van der Waals surface area contributed by atoms with Crippen molar-refractivity contribution in [2.45, 2.75) is 0 Å². The monoisotopic (exact) mass is 343 g/mol. The van der Waals surface area contributed by atoms with E-state index in [4.69, 9.17) is 4.42 Å². The quantitative estimate of drug-likeness (QED) is 0.522. The Bertz CT molecular complexity index is 1230. The molecule has 0 atom stereocenters. The van der Waals surface area contributed by atoms with Crippen LogP contribution in [0.15, 0.2) is 71.8 Å². The molecule has 26 heavy (non-hydrogen) atoms. The predicted molar refractivity (Wildman–Crippen MR) is 96.9 cm³/mol. The minimum absolute atomic E-state index is 0.179. The first kappa shape index (κ1) is 14.5. The fraction of sp³-hybridized carbons (Fsp3) is 0. The topological polar surface area (TPSA) is 88.2 Å². The van der Waals surface area contributed by atoms with Crippen LogP contribution in [-0.2, 0) is 0 Å². The van der Waals surface area contributed by atoms with Gasteiger partial charge in [-0.25, -0.2) is 4.52 Å². The maximum atomic E-state index is 12.6. The molecule has 0 fully saturated rings. The Labute approximate surface area is 147 Å². The number of anilines is 1. The van der Waals surface area contributed by atoms with Gasteiger partial charge in [-0.05, 0) is 42.5 Å². The van der Waals surface area contributed by atoms with E-state index in [1.807, 2.05) is 30.3 Å². The second-order valence-electron chi connectivity index (χ2n) is 5.91. The van der Waals surface area contributed by atoms with Crippen LogP contribution < -0.4 is 5.32 Å². The molecule has 5 rings (SSSR count). The molecule has 0 bridgehead atoms. The largest absolute Gasteiger partial charge is 0.472 e. The second-order valence-corrected chi connectivity index (χ2v) is 5.91. The molecule has 0 aliphatic heterocycles. The third-order valence-corrected chi connectivity index (χ3v) is 4.28. The molecular weight excluding hydrogens is 330 g/mol. The molecule has 2 N–H and O–H groups in total. The van der Waals surface area contributed by atoms with Gasteiger partial charge < -0.3 is 9.73 Å². The Morgan fingerprint density at radius 3 is 3.00 bits per heavy atom. The van der Waals surface area contributed by atoms with Crippen molar-refractivity contribution in [2.24, 2.45) is 0 Å². The van der Waals surface area contributed by atoms with Crippen molar-refractivity contribution >= 4 is 28.0 Å². The molecule has 1 aromatic carbocycles. The molecule has 0 aliphatic rings. The van der Waals surface area contributed by atoms with Crippen molar-refractivity contribution in [3.8, 4) is 11.3 Å². The molecule has 1 amide bonds. The van der Waals surface area contributed by atoms with Gasteiger partial charge in [0.25, 0.3) is 5.91 Å². The lowest BCUT2D eigenvalue weighted by molar-refractivity contribution is 0.102. The highest BCUT2D eigenvalue weighted by Gasteiger charge is 2.12. The molecule has 4 aromatic heterocycles. The van der Waals surface area contributed by atoms with Crippen LogP contribution in [0.5, 0.6) is 0 Å². The molecule has 4 heterocycles. The first-order valence-electron chi connectivity index (χ1n) is 8.03. The first-order valence-corrected chi connectivity index (χ1v) is 8.03. The molecule has 126 valence electrons. The van der Waals surface area contributed by atoms with E-state index in [2.05, 4.69) is 20.6 Å². The Kier molecular flexibility index (Phi) is 3.11. The van der Waals surface area contributed by atoms with Gasteiger partial charge in [0.15, 0.2) is 0 Å². The zero-order valence-corrected chi connectivity index (χ0v) is 13.5. The van der Waals surface area contributed by atoms with Gasteiger partial charge in [-0.2, -0.15) is 10.2 Å². The average molecular weight is 343 g/mol. The van der Waals surface area contributed by atoms with Crippen molar-refractivity contribution in [2.75, 3.05) is 5.32 Å². The maximum absolute atomic E-state index is 12.6. The number of nitrogens with one attached hydrogen (secondary N) is 2. The van der Waals surface area contributed by atoms with E-state index >= 15 is 0 Å². The fourth-order valence-corrected chi connectivity index (χ4v) is 2.98. The van der Waals surface area contributed by atoms with Gasteiger partial charge in [-0.1, -0.05) is 0 Å². The molecule has 0 radical (unpaired) electrons. The highest BCUT2D eigenvalue weighted by molar-refractivity contribution is 6.06. The van der Waals surface area contributed by atoms with Gasteiger partial charge in [0.05, 0.1) is 23.6 Å². The van der Waals surface area contributed by atoms with Crippen molar-refractivity contribution in [3.63, 3.8) is 0 Å². The molecule has 0 spiro atoms. The number of hydrogen-bond acceptors (Lipinski definition) is 4. The minimum Gasteiger partial charge on any atom is -0.472 e. The van der Waals surface area contributed by atoms with Crippen molar-refractivity contribution in [3.05, 3.63) is 72.9 Å². The number of hydrogen-bond donors (Lipinski definition) is 2. The Hall–Kier alpha value is -3.87. The molecule has 0 saturated carbocycles. The standard InChI is InChI=1S/C19H13N5O2/c25-19(12-4-7-24-15(9-12)3-6-20-24)21-14-1-2-17-16(10-14)18(23-22-17)13-5-8-26-11-13/h1-11H,(H,21,25)(H,22,23). The van der Waals surface area contributed by atoms with Gasteiger partial charge in [-0.15, -0.1) is 0 Å². The summed E-state index contributed by atoms with van der Waals surface area (Å²) in [4.78, 5) is 12.6. The lowest BCUT2D eigenvalue weighted by atomic mass is 10.1. The minimum atomic E-state index is -0.179. The average Bonchev–Trinajstić information content (AvgIpc) is 3.40. The second kappa shape index (κ2) is 5.59. The zero-order chi connectivity index (χ0) is 17.5. The van der Waals surface area contributed by atoms with Crippen LogP contribution >= 0.6 is 0 Å². The summed E-state index contributed by atoms with van der Waals surface area (Å²) >= 11 is 0. The van der Waals surface area contributed by atoms with E-state index in [0.29, 0.717) is 11.3 Å².